The average molecular weight is 254 g/mol. The topological polar surface area (TPSA) is 18.5 Å². The minimum absolute atomic E-state index is 0.870. The fourth-order valence-corrected chi connectivity index (χ4v) is 1.90. The van der Waals surface area contributed by atoms with E-state index in [4.69, 9.17) is 9.47 Å². The van der Waals surface area contributed by atoms with Crippen LogP contribution >= 0.6 is 0 Å². The van der Waals surface area contributed by atoms with Crippen molar-refractivity contribution < 1.29 is 9.47 Å². The van der Waals surface area contributed by atoms with E-state index in [0.29, 0.717) is 0 Å². The number of methoxy groups -OCH3 is 2. The lowest BCUT2D eigenvalue weighted by Gasteiger charge is -2.03. The molecule has 0 atom stereocenters. The molecule has 0 amide bonds. The maximum atomic E-state index is 5.27. The molecule has 0 aliphatic heterocycles. The number of rotatable bonds is 4. The van der Waals surface area contributed by atoms with Crippen LogP contribution in [0, 0.1) is 6.92 Å². The number of aryl methyl sites for hydroxylation is 1. The van der Waals surface area contributed by atoms with E-state index in [1.54, 1.807) is 14.2 Å². The molecule has 0 spiro atoms. The molecule has 2 aromatic carbocycles. The number of hydrogen-bond donors (Lipinski definition) is 0. The molecule has 0 saturated heterocycles. The van der Waals surface area contributed by atoms with Crippen LogP contribution in [0.1, 0.15) is 16.7 Å². The van der Waals surface area contributed by atoms with Gasteiger partial charge in [0.25, 0.3) is 0 Å². The first-order valence-electron chi connectivity index (χ1n) is 6.19. The van der Waals surface area contributed by atoms with Gasteiger partial charge in [0.05, 0.1) is 14.2 Å². The van der Waals surface area contributed by atoms with Crippen molar-refractivity contribution in [2.75, 3.05) is 14.2 Å². The van der Waals surface area contributed by atoms with Gasteiger partial charge in [-0.3, -0.25) is 0 Å². The molecule has 0 unspecified atom stereocenters. The second kappa shape index (κ2) is 6.10. The van der Waals surface area contributed by atoms with E-state index in [0.717, 1.165) is 22.6 Å². The molecular weight excluding hydrogens is 236 g/mol. The first-order chi connectivity index (χ1) is 9.21. The van der Waals surface area contributed by atoms with Crippen LogP contribution in [-0.2, 0) is 0 Å². The maximum Gasteiger partial charge on any atom is 0.119 e. The van der Waals surface area contributed by atoms with E-state index in [1.165, 1.54) is 5.56 Å². The van der Waals surface area contributed by atoms with E-state index >= 15 is 0 Å². The molecule has 0 fully saturated rings. The SMILES string of the molecule is COc1ccc(C=Cc2cc(C)cc(OC)c2)cc1. The molecule has 0 radical (unpaired) electrons. The lowest BCUT2D eigenvalue weighted by molar-refractivity contribution is 0.414. The molecule has 2 heteroatoms. The molecule has 2 rings (SSSR count). The third-order valence-electron chi connectivity index (χ3n) is 2.89. The molecule has 98 valence electrons. The average Bonchev–Trinajstić information content (AvgIpc) is 2.45. The van der Waals surface area contributed by atoms with Crippen molar-refractivity contribution >= 4 is 12.2 Å². The van der Waals surface area contributed by atoms with Crippen LogP contribution in [0.2, 0.25) is 0 Å². The largest absolute Gasteiger partial charge is 0.497 e. The summed E-state index contributed by atoms with van der Waals surface area (Å²) in [6.45, 7) is 2.06. The Kier molecular flexibility index (Phi) is 4.24. The summed E-state index contributed by atoms with van der Waals surface area (Å²) < 4.78 is 10.4. The quantitative estimate of drug-likeness (QED) is 0.762. The van der Waals surface area contributed by atoms with Crippen LogP contribution < -0.4 is 9.47 Å². The van der Waals surface area contributed by atoms with E-state index in [9.17, 15) is 0 Å². The summed E-state index contributed by atoms with van der Waals surface area (Å²) in [4.78, 5) is 0. The standard InChI is InChI=1S/C17H18O2/c1-13-10-15(12-17(11-13)19-3)5-4-14-6-8-16(18-2)9-7-14/h4-12H,1-3H3. The van der Waals surface area contributed by atoms with Gasteiger partial charge in [0.15, 0.2) is 0 Å². The molecule has 0 aliphatic carbocycles. The minimum atomic E-state index is 0.870. The van der Waals surface area contributed by atoms with Crippen LogP contribution in [0.15, 0.2) is 42.5 Å². The Hall–Kier alpha value is -2.22. The summed E-state index contributed by atoms with van der Waals surface area (Å²) in [7, 11) is 3.36. The normalized spacial score (nSPS) is 10.7. The van der Waals surface area contributed by atoms with E-state index in [2.05, 4.69) is 25.1 Å². The van der Waals surface area contributed by atoms with Crippen molar-refractivity contribution in [3.8, 4) is 11.5 Å². The fourth-order valence-electron chi connectivity index (χ4n) is 1.90. The van der Waals surface area contributed by atoms with Crippen molar-refractivity contribution in [3.05, 3.63) is 59.2 Å². The van der Waals surface area contributed by atoms with Gasteiger partial charge in [0.1, 0.15) is 11.5 Å². The third kappa shape index (κ3) is 3.62. The highest BCUT2D eigenvalue weighted by molar-refractivity contribution is 5.70. The van der Waals surface area contributed by atoms with E-state index < -0.39 is 0 Å². The van der Waals surface area contributed by atoms with Gasteiger partial charge >= 0.3 is 0 Å². The summed E-state index contributed by atoms with van der Waals surface area (Å²) in [5.41, 5.74) is 3.46. The van der Waals surface area contributed by atoms with Crippen molar-refractivity contribution in [2.24, 2.45) is 0 Å². The zero-order valence-corrected chi connectivity index (χ0v) is 11.5. The van der Waals surface area contributed by atoms with Crippen LogP contribution in [0.5, 0.6) is 11.5 Å². The predicted octanol–water partition coefficient (Wildman–Crippen LogP) is 4.18. The predicted molar refractivity (Wildman–Crippen MR) is 79.7 cm³/mol. The highest BCUT2D eigenvalue weighted by atomic mass is 16.5. The monoisotopic (exact) mass is 254 g/mol. The maximum absolute atomic E-state index is 5.27. The third-order valence-corrected chi connectivity index (χ3v) is 2.89. The molecular formula is C17H18O2. The second-order valence-electron chi connectivity index (χ2n) is 4.39. The Morgan fingerprint density at radius 1 is 0.737 bits per heavy atom. The second-order valence-corrected chi connectivity index (χ2v) is 4.39. The van der Waals surface area contributed by atoms with Crippen molar-refractivity contribution in [2.45, 2.75) is 6.92 Å². The number of benzene rings is 2. The summed E-state index contributed by atoms with van der Waals surface area (Å²) in [6.07, 6.45) is 4.16. The van der Waals surface area contributed by atoms with Gasteiger partial charge < -0.3 is 9.47 Å². The van der Waals surface area contributed by atoms with Gasteiger partial charge in [-0.25, -0.2) is 0 Å². The van der Waals surface area contributed by atoms with Gasteiger partial charge in [0, 0.05) is 0 Å². The molecule has 0 saturated carbocycles. The van der Waals surface area contributed by atoms with Gasteiger partial charge in [-0.15, -0.1) is 0 Å². The number of ether oxygens (including phenoxy) is 2. The minimum Gasteiger partial charge on any atom is -0.497 e. The van der Waals surface area contributed by atoms with Gasteiger partial charge in [0.2, 0.25) is 0 Å². The molecule has 0 aromatic heterocycles. The summed E-state index contributed by atoms with van der Waals surface area (Å²) in [6, 6.07) is 14.1. The van der Waals surface area contributed by atoms with Gasteiger partial charge in [-0.05, 0) is 47.9 Å². The lowest BCUT2D eigenvalue weighted by atomic mass is 10.1. The first kappa shape index (κ1) is 13.2. The highest BCUT2D eigenvalue weighted by Gasteiger charge is 1.96. The molecule has 0 aliphatic rings. The zero-order valence-electron chi connectivity index (χ0n) is 11.5. The Bertz CT molecular complexity index is 568. The van der Waals surface area contributed by atoms with Crippen molar-refractivity contribution in [1.82, 2.24) is 0 Å². The summed E-state index contributed by atoms with van der Waals surface area (Å²) in [5, 5.41) is 0. The zero-order chi connectivity index (χ0) is 13.7. The summed E-state index contributed by atoms with van der Waals surface area (Å²) in [5.74, 6) is 1.75. The molecule has 0 N–H and O–H groups in total. The Labute approximate surface area is 114 Å². The van der Waals surface area contributed by atoms with Crippen LogP contribution in [0.4, 0.5) is 0 Å². The van der Waals surface area contributed by atoms with Crippen molar-refractivity contribution in [3.63, 3.8) is 0 Å². The van der Waals surface area contributed by atoms with Crippen LogP contribution in [-0.4, -0.2) is 14.2 Å². The Morgan fingerprint density at radius 3 is 2.00 bits per heavy atom. The van der Waals surface area contributed by atoms with Crippen LogP contribution in [0.25, 0.3) is 12.2 Å². The lowest BCUT2D eigenvalue weighted by Crippen LogP contribution is -1.85. The first-order valence-corrected chi connectivity index (χ1v) is 6.19. The van der Waals surface area contributed by atoms with Crippen LogP contribution in [0.3, 0.4) is 0 Å². The fraction of sp³-hybridized carbons (Fsp3) is 0.176. The smallest absolute Gasteiger partial charge is 0.119 e. The van der Waals surface area contributed by atoms with E-state index in [-0.39, 0.29) is 0 Å². The van der Waals surface area contributed by atoms with Gasteiger partial charge in [-0.1, -0.05) is 30.4 Å². The number of hydrogen-bond acceptors (Lipinski definition) is 2. The Balaban J connectivity index is 2.19. The summed E-state index contributed by atoms with van der Waals surface area (Å²) >= 11 is 0. The molecule has 2 nitrogen and oxygen atoms in total. The van der Waals surface area contributed by atoms with E-state index in [1.807, 2.05) is 36.4 Å². The molecule has 0 bridgehead atoms. The highest BCUT2D eigenvalue weighted by Crippen LogP contribution is 2.19. The van der Waals surface area contributed by atoms with Gasteiger partial charge in [-0.2, -0.15) is 0 Å². The molecule has 19 heavy (non-hydrogen) atoms. The molecule has 2 aromatic rings. The molecule has 0 heterocycles. The van der Waals surface area contributed by atoms with Crippen molar-refractivity contribution in [1.29, 1.82) is 0 Å². The Morgan fingerprint density at radius 2 is 1.37 bits per heavy atom.